The van der Waals surface area contributed by atoms with Crippen LogP contribution in [0.1, 0.15) is 56.0 Å². The summed E-state index contributed by atoms with van der Waals surface area (Å²) in [5.74, 6) is 1.84. The van der Waals surface area contributed by atoms with Crippen LogP contribution in [-0.4, -0.2) is 51.4 Å². The fourth-order valence-electron chi connectivity index (χ4n) is 3.25. The zero-order chi connectivity index (χ0) is 16.0. The SMILES string of the molecule is CCS(=O)(=O)N1CCC(c2nnc3ccc(C4CC4)nn23)CC1. The third-order valence-corrected chi connectivity index (χ3v) is 6.76. The Morgan fingerprint density at radius 2 is 1.83 bits per heavy atom. The van der Waals surface area contributed by atoms with E-state index in [0.29, 0.717) is 19.0 Å². The summed E-state index contributed by atoms with van der Waals surface area (Å²) in [5, 5.41) is 13.3. The van der Waals surface area contributed by atoms with E-state index in [9.17, 15) is 8.42 Å². The maximum atomic E-state index is 12.0. The highest BCUT2D eigenvalue weighted by Crippen LogP contribution is 2.39. The molecule has 0 radical (unpaired) electrons. The van der Waals surface area contributed by atoms with Gasteiger partial charge in [-0.3, -0.25) is 0 Å². The Balaban J connectivity index is 1.57. The summed E-state index contributed by atoms with van der Waals surface area (Å²) in [6.45, 7) is 2.80. The summed E-state index contributed by atoms with van der Waals surface area (Å²) in [6.07, 6.45) is 3.97. The monoisotopic (exact) mass is 335 g/mol. The zero-order valence-corrected chi connectivity index (χ0v) is 14.0. The molecule has 2 aromatic rings. The van der Waals surface area contributed by atoms with Crippen LogP contribution in [-0.2, 0) is 10.0 Å². The summed E-state index contributed by atoms with van der Waals surface area (Å²) in [6, 6.07) is 4.02. The minimum Gasteiger partial charge on any atom is -0.212 e. The first-order valence-electron chi connectivity index (χ1n) is 8.28. The number of aromatic nitrogens is 4. The van der Waals surface area contributed by atoms with E-state index in [0.717, 1.165) is 30.0 Å². The van der Waals surface area contributed by atoms with Crippen LogP contribution >= 0.6 is 0 Å². The van der Waals surface area contributed by atoms with E-state index < -0.39 is 10.0 Å². The second-order valence-electron chi connectivity index (χ2n) is 6.43. The number of hydrogen-bond acceptors (Lipinski definition) is 5. The molecule has 1 aliphatic carbocycles. The lowest BCUT2D eigenvalue weighted by Crippen LogP contribution is -2.39. The molecule has 0 N–H and O–H groups in total. The Bertz CT molecular complexity index is 820. The van der Waals surface area contributed by atoms with E-state index in [-0.39, 0.29) is 11.7 Å². The Morgan fingerprint density at radius 3 is 2.48 bits per heavy atom. The number of piperidine rings is 1. The van der Waals surface area contributed by atoms with Gasteiger partial charge >= 0.3 is 0 Å². The Hall–Kier alpha value is -1.54. The van der Waals surface area contributed by atoms with Crippen LogP contribution in [0.25, 0.3) is 5.65 Å². The van der Waals surface area contributed by atoms with Gasteiger partial charge in [-0.25, -0.2) is 12.7 Å². The molecule has 23 heavy (non-hydrogen) atoms. The first-order chi connectivity index (χ1) is 11.1. The molecule has 0 amide bonds. The van der Waals surface area contributed by atoms with Crippen molar-refractivity contribution in [1.82, 2.24) is 24.1 Å². The van der Waals surface area contributed by atoms with Gasteiger partial charge in [0.05, 0.1) is 11.4 Å². The lowest BCUT2D eigenvalue weighted by molar-refractivity contribution is 0.312. The maximum absolute atomic E-state index is 12.0. The van der Waals surface area contributed by atoms with Crippen LogP contribution in [0.5, 0.6) is 0 Å². The third-order valence-electron chi connectivity index (χ3n) is 4.88. The summed E-state index contributed by atoms with van der Waals surface area (Å²) >= 11 is 0. The van der Waals surface area contributed by atoms with Gasteiger partial charge in [-0.15, -0.1) is 10.2 Å². The highest BCUT2D eigenvalue weighted by molar-refractivity contribution is 7.89. The zero-order valence-electron chi connectivity index (χ0n) is 13.2. The molecule has 0 bridgehead atoms. The molecular weight excluding hydrogens is 314 g/mol. The first-order valence-corrected chi connectivity index (χ1v) is 9.89. The summed E-state index contributed by atoms with van der Waals surface area (Å²) < 4.78 is 27.4. The molecule has 2 aromatic heterocycles. The molecule has 124 valence electrons. The molecule has 0 atom stereocenters. The van der Waals surface area contributed by atoms with Gasteiger partial charge in [0.1, 0.15) is 0 Å². The number of fused-ring (bicyclic) bond motifs is 1. The number of sulfonamides is 1. The normalized spacial score (nSPS) is 21.1. The average Bonchev–Trinajstić information content (AvgIpc) is 3.34. The Kier molecular flexibility index (Phi) is 3.60. The second-order valence-corrected chi connectivity index (χ2v) is 8.69. The summed E-state index contributed by atoms with van der Waals surface area (Å²) in [4.78, 5) is 0. The van der Waals surface area contributed by atoms with E-state index >= 15 is 0 Å². The molecule has 2 aliphatic rings. The lowest BCUT2D eigenvalue weighted by Gasteiger charge is -2.29. The number of hydrogen-bond donors (Lipinski definition) is 0. The minimum absolute atomic E-state index is 0.165. The summed E-state index contributed by atoms with van der Waals surface area (Å²) in [5.41, 5.74) is 1.89. The molecule has 0 unspecified atom stereocenters. The fraction of sp³-hybridized carbons (Fsp3) is 0.667. The van der Waals surface area contributed by atoms with Gasteiger partial charge in [0.2, 0.25) is 10.0 Å². The first kappa shape index (κ1) is 15.0. The molecule has 2 fully saturated rings. The van der Waals surface area contributed by atoms with Crippen molar-refractivity contribution in [3.8, 4) is 0 Å². The Morgan fingerprint density at radius 1 is 1.09 bits per heavy atom. The van der Waals surface area contributed by atoms with Gasteiger partial charge in [0, 0.05) is 24.9 Å². The van der Waals surface area contributed by atoms with Gasteiger partial charge < -0.3 is 0 Å². The van der Waals surface area contributed by atoms with Crippen LogP contribution in [0.4, 0.5) is 0 Å². The summed E-state index contributed by atoms with van der Waals surface area (Å²) in [7, 11) is -3.09. The van der Waals surface area contributed by atoms with Gasteiger partial charge in [0.25, 0.3) is 0 Å². The molecule has 4 rings (SSSR count). The molecule has 1 aliphatic heterocycles. The van der Waals surface area contributed by atoms with Gasteiger partial charge in [-0.1, -0.05) is 0 Å². The van der Waals surface area contributed by atoms with Gasteiger partial charge in [-0.05, 0) is 44.7 Å². The molecule has 8 heteroatoms. The van der Waals surface area contributed by atoms with Crippen LogP contribution in [0.3, 0.4) is 0 Å². The van der Waals surface area contributed by atoms with Crippen molar-refractivity contribution in [2.24, 2.45) is 0 Å². The quantitative estimate of drug-likeness (QED) is 0.846. The Labute approximate surface area is 135 Å². The average molecular weight is 335 g/mol. The molecule has 3 heterocycles. The largest absolute Gasteiger partial charge is 0.213 e. The molecule has 1 saturated carbocycles. The van der Waals surface area contributed by atoms with Crippen molar-refractivity contribution in [2.45, 2.75) is 44.4 Å². The number of nitrogens with zero attached hydrogens (tertiary/aromatic N) is 5. The van der Waals surface area contributed by atoms with Crippen molar-refractivity contribution >= 4 is 15.7 Å². The standard InChI is InChI=1S/C15H21N5O2S/c1-2-23(21,22)19-9-7-12(8-10-19)15-17-16-14-6-5-13(11-3-4-11)18-20(14)15/h5-6,11-12H,2-4,7-10H2,1H3. The van der Waals surface area contributed by atoms with E-state index in [2.05, 4.69) is 10.2 Å². The van der Waals surface area contributed by atoms with E-state index in [1.807, 2.05) is 16.6 Å². The molecule has 0 aromatic carbocycles. The minimum atomic E-state index is -3.09. The predicted octanol–water partition coefficient (Wildman–Crippen LogP) is 1.53. The fourth-order valence-corrected chi connectivity index (χ4v) is 4.38. The lowest BCUT2D eigenvalue weighted by atomic mass is 9.97. The smallest absolute Gasteiger partial charge is 0.212 e. The van der Waals surface area contributed by atoms with Crippen LogP contribution < -0.4 is 0 Å². The van der Waals surface area contributed by atoms with Crippen LogP contribution in [0.2, 0.25) is 0 Å². The van der Waals surface area contributed by atoms with Gasteiger partial charge in [0.15, 0.2) is 11.5 Å². The van der Waals surface area contributed by atoms with Crippen molar-refractivity contribution in [2.75, 3.05) is 18.8 Å². The highest BCUT2D eigenvalue weighted by Gasteiger charge is 2.31. The van der Waals surface area contributed by atoms with Crippen molar-refractivity contribution < 1.29 is 8.42 Å². The van der Waals surface area contributed by atoms with Crippen LogP contribution in [0, 0.1) is 0 Å². The topological polar surface area (TPSA) is 80.5 Å². The molecule has 7 nitrogen and oxygen atoms in total. The van der Waals surface area contributed by atoms with E-state index in [1.165, 1.54) is 12.8 Å². The maximum Gasteiger partial charge on any atom is 0.213 e. The molecule has 0 spiro atoms. The molecule has 1 saturated heterocycles. The number of rotatable bonds is 4. The highest BCUT2D eigenvalue weighted by atomic mass is 32.2. The second kappa shape index (κ2) is 5.52. The van der Waals surface area contributed by atoms with Crippen molar-refractivity contribution in [3.05, 3.63) is 23.7 Å². The third kappa shape index (κ3) is 2.74. The van der Waals surface area contributed by atoms with Crippen molar-refractivity contribution in [3.63, 3.8) is 0 Å². The van der Waals surface area contributed by atoms with Gasteiger partial charge in [-0.2, -0.15) is 9.61 Å². The van der Waals surface area contributed by atoms with Crippen LogP contribution in [0.15, 0.2) is 12.1 Å². The van der Waals surface area contributed by atoms with Crippen molar-refractivity contribution in [1.29, 1.82) is 0 Å². The molecular formula is C15H21N5O2S. The van der Waals surface area contributed by atoms with E-state index in [1.54, 1.807) is 11.2 Å². The predicted molar refractivity (Wildman–Crippen MR) is 85.8 cm³/mol. The van der Waals surface area contributed by atoms with E-state index in [4.69, 9.17) is 5.10 Å².